The van der Waals surface area contributed by atoms with Gasteiger partial charge in [-0.1, -0.05) is 12.1 Å². The maximum absolute atomic E-state index is 12.8. The van der Waals surface area contributed by atoms with Crippen molar-refractivity contribution in [1.82, 2.24) is 15.0 Å². The van der Waals surface area contributed by atoms with Crippen LogP contribution in [0.15, 0.2) is 42.6 Å². The molecule has 3 rings (SSSR count). The van der Waals surface area contributed by atoms with Crippen LogP contribution in [-0.2, 0) is 6.18 Å². The predicted molar refractivity (Wildman–Crippen MR) is 72.2 cm³/mol. The second-order valence-corrected chi connectivity index (χ2v) is 4.41. The van der Waals surface area contributed by atoms with Crippen molar-refractivity contribution in [2.45, 2.75) is 6.18 Å². The minimum absolute atomic E-state index is 0.126. The topological polar surface area (TPSA) is 64.7 Å². The normalized spacial score (nSPS) is 11.8. The number of nitrogens with two attached hydrogens (primary N) is 1. The van der Waals surface area contributed by atoms with Gasteiger partial charge in [0.25, 0.3) is 0 Å². The Morgan fingerprint density at radius 1 is 1.00 bits per heavy atom. The van der Waals surface area contributed by atoms with Crippen molar-refractivity contribution in [3.8, 4) is 11.3 Å². The third-order valence-corrected chi connectivity index (χ3v) is 2.93. The number of rotatable bonds is 1. The molecule has 2 heterocycles. The van der Waals surface area contributed by atoms with E-state index >= 15 is 0 Å². The minimum Gasteiger partial charge on any atom is -0.368 e. The lowest BCUT2D eigenvalue weighted by atomic mass is 10.1. The zero-order chi connectivity index (χ0) is 15.0. The van der Waals surface area contributed by atoms with E-state index in [4.69, 9.17) is 5.73 Å². The van der Waals surface area contributed by atoms with Gasteiger partial charge in [-0.15, -0.1) is 0 Å². The Labute approximate surface area is 117 Å². The number of aromatic nitrogens is 3. The zero-order valence-corrected chi connectivity index (χ0v) is 10.6. The number of anilines is 1. The Morgan fingerprint density at radius 2 is 1.81 bits per heavy atom. The molecule has 7 heteroatoms. The molecule has 0 aliphatic rings. The van der Waals surface area contributed by atoms with E-state index in [0.29, 0.717) is 5.56 Å². The van der Waals surface area contributed by atoms with Crippen molar-refractivity contribution in [2.24, 2.45) is 0 Å². The lowest BCUT2D eigenvalue weighted by Crippen LogP contribution is -2.11. The number of nitrogens with zero attached hydrogens (tertiary/aromatic N) is 3. The summed E-state index contributed by atoms with van der Waals surface area (Å²) >= 11 is 0. The summed E-state index contributed by atoms with van der Waals surface area (Å²) in [7, 11) is 0. The molecule has 0 bridgehead atoms. The largest absolute Gasteiger partial charge is 0.433 e. The van der Waals surface area contributed by atoms with Gasteiger partial charge in [-0.25, -0.2) is 9.97 Å². The van der Waals surface area contributed by atoms with E-state index in [2.05, 4.69) is 15.0 Å². The summed E-state index contributed by atoms with van der Waals surface area (Å²) in [6, 6.07) is 9.54. The summed E-state index contributed by atoms with van der Waals surface area (Å²) in [5, 5.41) is 0.806. The van der Waals surface area contributed by atoms with Crippen LogP contribution in [0.3, 0.4) is 0 Å². The molecule has 0 saturated carbocycles. The van der Waals surface area contributed by atoms with Gasteiger partial charge in [-0.05, 0) is 24.3 Å². The van der Waals surface area contributed by atoms with Gasteiger partial charge < -0.3 is 5.73 Å². The van der Waals surface area contributed by atoms with Crippen LogP contribution in [0.1, 0.15) is 5.69 Å². The van der Waals surface area contributed by atoms with Crippen LogP contribution in [0.2, 0.25) is 0 Å². The molecule has 21 heavy (non-hydrogen) atoms. The van der Waals surface area contributed by atoms with Gasteiger partial charge in [0.15, 0.2) is 5.69 Å². The van der Waals surface area contributed by atoms with Crippen LogP contribution in [0, 0.1) is 0 Å². The Hall–Kier alpha value is -2.70. The molecular formula is C14H9F3N4. The molecule has 3 aromatic rings. The van der Waals surface area contributed by atoms with Crippen LogP contribution < -0.4 is 5.73 Å². The minimum atomic E-state index is -4.57. The molecule has 2 aromatic heterocycles. The van der Waals surface area contributed by atoms with Gasteiger partial charge >= 0.3 is 6.18 Å². The number of benzene rings is 1. The highest BCUT2D eigenvalue weighted by Gasteiger charge is 2.33. The number of fused-ring (bicyclic) bond motifs is 1. The second-order valence-electron chi connectivity index (χ2n) is 4.41. The molecule has 0 saturated heterocycles. The van der Waals surface area contributed by atoms with Gasteiger partial charge in [0.1, 0.15) is 0 Å². The van der Waals surface area contributed by atoms with Crippen molar-refractivity contribution in [1.29, 1.82) is 0 Å². The number of hydrogen-bond acceptors (Lipinski definition) is 4. The first-order valence-corrected chi connectivity index (χ1v) is 6.00. The first kappa shape index (κ1) is 13.3. The first-order valence-electron chi connectivity index (χ1n) is 6.00. The number of nitrogen functional groups attached to an aromatic ring is 1. The van der Waals surface area contributed by atoms with Crippen molar-refractivity contribution in [2.75, 3.05) is 5.73 Å². The van der Waals surface area contributed by atoms with Crippen molar-refractivity contribution >= 4 is 16.9 Å². The van der Waals surface area contributed by atoms with Gasteiger partial charge in [0.05, 0.1) is 11.2 Å². The first-order chi connectivity index (χ1) is 9.93. The van der Waals surface area contributed by atoms with Crippen LogP contribution in [0.4, 0.5) is 19.1 Å². The fraction of sp³-hybridized carbons (Fsp3) is 0.0714. The van der Waals surface area contributed by atoms with Gasteiger partial charge in [0.2, 0.25) is 5.95 Å². The zero-order valence-electron chi connectivity index (χ0n) is 10.6. The van der Waals surface area contributed by atoms with Gasteiger partial charge in [-0.2, -0.15) is 13.2 Å². The van der Waals surface area contributed by atoms with E-state index in [1.807, 2.05) is 6.07 Å². The predicted octanol–water partition coefficient (Wildman–Crippen LogP) is 3.29. The number of hydrogen-bond donors (Lipinski definition) is 1. The summed E-state index contributed by atoms with van der Waals surface area (Å²) < 4.78 is 38.3. The Kier molecular flexibility index (Phi) is 2.97. The van der Waals surface area contributed by atoms with Crippen molar-refractivity contribution in [3.63, 3.8) is 0 Å². The number of pyridine rings is 1. The molecule has 0 atom stereocenters. The fourth-order valence-corrected chi connectivity index (χ4v) is 1.99. The average molecular weight is 290 g/mol. The summed E-state index contributed by atoms with van der Waals surface area (Å²) in [6.45, 7) is 0. The third kappa shape index (κ3) is 2.62. The van der Waals surface area contributed by atoms with Crippen LogP contribution in [-0.4, -0.2) is 15.0 Å². The smallest absolute Gasteiger partial charge is 0.368 e. The highest BCUT2D eigenvalue weighted by Crippen LogP contribution is 2.31. The van der Waals surface area contributed by atoms with E-state index in [0.717, 1.165) is 17.0 Å². The lowest BCUT2D eigenvalue weighted by molar-refractivity contribution is -0.141. The van der Waals surface area contributed by atoms with E-state index < -0.39 is 17.8 Å². The van der Waals surface area contributed by atoms with E-state index in [-0.39, 0.29) is 5.69 Å². The summed E-state index contributed by atoms with van der Waals surface area (Å²) in [4.78, 5) is 11.2. The Balaban J connectivity index is 2.16. The molecule has 1 aromatic carbocycles. The summed E-state index contributed by atoms with van der Waals surface area (Å²) in [5.74, 6) is -0.411. The highest BCUT2D eigenvalue weighted by atomic mass is 19.4. The molecule has 0 amide bonds. The van der Waals surface area contributed by atoms with Crippen molar-refractivity contribution in [3.05, 3.63) is 48.3 Å². The number of halogens is 3. The molecule has 106 valence electrons. The molecule has 0 aliphatic carbocycles. The third-order valence-electron chi connectivity index (χ3n) is 2.93. The van der Waals surface area contributed by atoms with E-state index in [1.54, 1.807) is 30.5 Å². The molecular weight excluding hydrogens is 281 g/mol. The average Bonchev–Trinajstić information content (AvgIpc) is 2.45. The van der Waals surface area contributed by atoms with Crippen LogP contribution in [0.5, 0.6) is 0 Å². The van der Waals surface area contributed by atoms with Gasteiger partial charge in [0, 0.05) is 17.1 Å². The van der Waals surface area contributed by atoms with E-state index in [1.165, 1.54) is 0 Å². The van der Waals surface area contributed by atoms with Crippen molar-refractivity contribution < 1.29 is 13.2 Å². The number of alkyl halides is 3. The molecule has 0 aliphatic heterocycles. The maximum Gasteiger partial charge on any atom is 0.433 e. The summed E-state index contributed by atoms with van der Waals surface area (Å²) in [5.41, 5.74) is 5.71. The molecule has 0 spiro atoms. The standard InChI is InChI=1S/C14H9F3N4/c15-14(16,17)12-7-11(20-13(18)21-12)9-3-4-10-8(6-9)2-1-5-19-10/h1-7H,(H2,18,20,21). The molecule has 4 nitrogen and oxygen atoms in total. The SMILES string of the molecule is Nc1nc(-c2ccc3ncccc3c2)cc(C(F)(F)F)n1. The van der Waals surface area contributed by atoms with Crippen LogP contribution in [0.25, 0.3) is 22.2 Å². The summed E-state index contributed by atoms with van der Waals surface area (Å²) in [6.07, 6.45) is -2.92. The van der Waals surface area contributed by atoms with Gasteiger partial charge in [-0.3, -0.25) is 4.98 Å². The molecule has 0 radical (unpaired) electrons. The molecule has 0 unspecified atom stereocenters. The Morgan fingerprint density at radius 3 is 2.57 bits per heavy atom. The van der Waals surface area contributed by atoms with Crippen LogP contribution >= 0.6 is 0 Å². The fourth-order valence-electron chi connectivity index (χ4n) is 1.99. The maximum atomic E-state index is 12.8. The monoisotopic (exact) mass is 290 g/mol. The van der Waals surface area contributed by atoms with E-state index in [9.17, 15) is 13.2 Å². The lowest BCUT2D eigenvalue weighted by Gasteiger charge is -2.09. The Bertz CT molecular complexity index is 815. The highest BCUT2D eigenvalue weighted by molar-refractivity contribution is 5.83. The molecule has 0 fully saturated rings. The second kappa shape index (κ2) is 4.69. The quantitative estimate of drug-likeness (QED) is 0.747. The molecule has 2 N–H and O–H groups in total.